The van der Waals surface area contributed by atoms with Crippen molar-refractivity contribution in [3.05, 3.63) is 53.9 Å². The number of nitrogens with zero attached hydrogens (tertiary/aromatic N) is 4. The third kappa shape index (κ3) is 2.63. The van der Waals surface area contributed by atoms with E-state index in [1.54, 1.807) is 4.57 Å². The molecule has 26 heavy (non-hydrogen) atoms. The van der Waals surface area contributed by atoms with Gasteiger partial charge in [0.2, 0.25) is 5.88 Å². The number of fused-ring (bicyclic) bond motifs is 2. The standard InChI is InChI=1S/C19H17N5O2/c1-11-6-5-7-13-17(11)21-19(26)18(13)23-22-16(25)10-24-12(2)20-14-8-3-4-9-15(14)24/h3-9,21,26H,10H2,1-2H3. The fourth-order valence-electron chi connectivity index (χ4n) is 3.11. The van der Waals surface area contributed by atoms with E-state index in [0.29, 0.717) is 0 Å². The van der Waals surface area contributed by atoms with Crippen molar-refractivity contribution >= 4 is 33.5 Å². The van der Waals surface area contributed by atoms with Gasteiger partial charge in [-0.3, -0.25) is 4.79 Å². The lowest BCUT2D eigenvalue weighted by Gasteiger charge is -2.02. The van der Waals surface area contributed by atoms with Crippen LogP contribution in [0.3, 0.4) is 0 Å². The molecule has 0 aliphatic carbocycles. The first-order chi connectivity index (χ1) is 12.5. The molecule has 0 spiro atoms. The van der Waals surface area contributed by atoms with Crippen LogP contribution in [-0.4, -0.2) is 25.5 Å². The third-order valence-electron chi connectivity index (χ3n) is 4.40. The lowest BCUT2D eigenvalue weighted by atomic mass is 10.1. The molecule has 2 N–H and O–H groups in total. The Morgan fingerprint density at radius 1 is 1.19 bits per heavy atom. The van der Waals surface area contributed by atoms with E-state index in [2.05, 4.69) is 20.2 Å². The smallest absolute Gasteiger partial charge is 0.284 e. The van der Waals surface area contributed by atoms with Gasteiger partial charge < -0.3 is 14.7 Å². The van der Waals surface area contributed by atoms with E-state index in [0.717, 1.165) is 33.3 Å². The van der Waals surface area contributed by atoms with Crippen molar-refractivity contribution in [1.29, 1.82) is 0 Å². The molecular weight excluding hydrogens is 330 g/mol. The van der Waals surface area contributed by atoms with Crippen molar-refractivity contribution < 1.29 is 9.90 Å². The summed E-state index contributed by atoms with van der Waals surface area (Å²) in [6.07, 6.45) is 0. The van der Waals surface area contributed by atoms with Crippen LogP contribution >= 0.6 is 0 Å². The summed E-state index contributed by atoms with van der Waals surface area (Å²) in [7, 11) is 0. The molecule has 0 fully saturated rings. The maximum atomic E-state index is 12.3. The van der Waals surface area contributed by atoms with Gasteiger partial charge in [-0.1, -0.05) is 30.3 Å². The number of hydrogen-bond donors (Lipinski definition) is 2. The van der Waals surface area contributed by atoms with Crippen molar-refractivity contribution in [1.82, 2.24) is 14.5 Å². The van der Waals surface area contributed by atoms with E-state index in [9.17, 15) is 9.90 Å². The number of imidazole rings is 1. The van der Waals surface area contributed by atoms with Crippen LogP contribution in [0.25, 0.3) is 21.9 Å². The quantitative estimate of drug-likeness (QED) is 0.545. The molecule has 0 radical (unpaired) electrons. The molecule has 0 atom stereocenters. The number of aryl methyl sites for hydroxylation is 2. The second-order valence-electron chi connectivity index (χ2n) is 6.15. The molecule has 7 nitrogen and oxygen atoms in total. The summed E-state index contributed by atoms with van der Waals surface area (Å²) < 4.78 is 1.80. The highest BCUT2D eigenvalue weighted by Gasteiger charge is 2.13. The number of azo groups is 1. The summed E-state index contributed by atoms with van der Waals surface area (Å²) in [5, 5.41) is 18.6. The van der Waals surface area contributed by atoms with Crippen LogP contribution in [-0.2, 0) is 11.3 Å². The molecule has 4 aromatic rings. The normalized spacial score (nSPS) is 11.8. The minimum absolute atomic E-state index is 0.0397. The first-order valence-electron chi connectivity index (χ1n) is 8.21. The van der Waals surface area contributed by atoms with Gasteiger partial charge in [-0.05, 0) is 31.5 Å². The van der Waals surface area contributed by atoms with Crippen molar-refractivity contribution in [3.63, 3.8) is 0 Å². The molecule has 2 aromatic carbocycles. The lowest BCUT2D eigenvalue weighted by Crippen LogP contribution is -2.08. The first kappa shape index (κ1) is 16.0. The van der Waals surface area contributed by atoms with Gasteiger partial charge in [0.1, 0.15) is 12.4 Å². The van der Waals surface area contributed by atoms with Crippen LogP contribution in [0.5, 0.6) is 5.88 Å². The second-order valence-corrected chi connectivity index (χ2v) is 6.15. The summed E-state index contributed by atoms with van der Waals surface area (Å²) in [4.78, 5) is 19.6. The zero-order valence-electron chi connectivity index (χ0n) is 14.4. The number of aromatic amines is 1. The summed E-state index contributed by atoms with van der Waals surface area (Å²) in [5.41, 5.74) is 3.73. The number of carbonyl (C=O) groups excluding carboxylic acids is 1. The highest BCUT2D eigenvalue weighted by atomic mass is 16.3. The van der Waals surface area contributed by atoms with Crippen LogP contribution in [0.1, 0.15) is 11.4 Å². The molecule has 0 saturated heterocycles. The molecule has 4 rings (SSSR count). The number of hydrogen-bond acceptors (Lipinski definition) is 4. The fraction of sp³-hybridized carbons (Fsp3) is 0.158. The number of H-pyrrole nitrogens is 1. The number of carbonyl (C=O) groups is 1. The monoisotopic (exact) mass is 347 g/mol. The summed E-state index contributed by atoms with van der Waals surface area (Å²) in [5.74, 6) is 0.216. The predicted molar refractivity (Wildman–Crippen MR) is 98.7 cm³/mol. The van der Waals surface area contributed by atoms with E-state index < -0.39 is 5.91 Å². The minimum Gasteiger partial charge on any atom is -0.493 e. The fourth-order valence-corrected chi connectivity index (χ4v) is 3.11. The van der Waals surface area contributed by atoms with E-state index in [4.69, 9.17) is 0 Å². The number of para-hydroxylation sites is 3. The summed E-state index contributed by atoms with van der Waals surface area (Å²) >= 11 is 0. The van der Waals surface area contributed by atoms with Crippen LogP contribution in [0.15, 0.2) is 52.7 Å². The topological polar surface area (TPSA) is 95.6 Å². The molecule has 1 amide bonds. The van der Waals surface area contributed by atoms with Gasteiger partial charge in [0.15, 0.2) is 5.69 Å². The molecule has 0 bridgehead atoms. The van der Waals surface area contributed by atoms with E-state index in [-0.39, 0.29) is 18.1 Å². The van der Waals surface area contributed by atoms with Crippen LogP contribution in [0.2, 0.25) is 0 Å². The zero-order chi connectivity index (χ0) is 18.3. The first-order valence-corrected chi connectivity index (χ1v) is 8.21. The van der Waals surface area contributed by atoms with Gasteiger partial charge in [-0.2, -0.15) is 0 Å². The Balaban J connectivity index is 1.63. The maximum absolute atomic E-state index is 12.3. The predicted octanol–water partition coefficient (Wildman–Crippen LogP) is 4.15. The Labute approximate surface area is 149 Å². The van der Waals surface area contributed by atoms with Gasteiger partial charge in [0.05, 0.1) is 16.6 Å². The Hall–Kier alpha value is -3.48. The van der Waals surface area contributed by atoms with Crippen molar-refractivity contribution in [2.45, 2.75) is 20.4 Å². The Morgan fingerprint density at radius 2 is 2.00 bits per heavy atom. The van der Waals surface area contributed by atoms with Crippen molar-refractivity contribution in [2.24, 2.45) is 10.2 Å². The number of aromatic nitrogens is 3. The van der Waals surface area contributed by atoms with E-state index in [1.807, 2.05) is 56.3 Å². The molecule has 0 aliphatic heterocycles. The lowest BCUT2D eigenvalue weighted by molar-refractivity contribution is -0.118. The second kappa shape index (κ2) is 6.11. The molecule has 7 heteroatoms. The van der Waals surface area contributed by atoms with Gasteiger partial charge in [0, 0.05) is 5.39 Å². The van der Waals surface area contributed by atoms with E-state index >= 15 is 0 Å². The van der Waals surface area contributed by atoms with E-state index in [1.165, 1.54) is 0 Å². The van der Waals surface area contributed by atoms with Crippen LogP contribution < -0.4 is 0 Å². The van der Waals surface area contributed by atoms with Crippen molar-refractivity contribution in [3.8, 4) is 5.88 Å². The largest absolute Gasteiger partial charge is 0.493 e. The molecule has 0 saturated carbocycles. The maximum Gasteiger partial charge on any atom is 0.284 e. The van der Waals surface area contributed by atoms with Gasteiger partial charge in [-0.15, -0.1) is 10.2 Å². The summed E-state index contributed by atoms with van der Waals surface area (Å²) in [6, 6.07) is 13.2. The number of amides is 1. The van der Waals surface area contributed by atoms with Crippen LogP contribution in [0.4, 0.5) is 5.69 Å². The molecule has 2 heterocycles. The zero-order valence-corrected chi connectivity index (χ0v) is 14.4. The highest BCUT2D eigenvalue weighted by Crippen LogP contribution is 2.36. The average molecular weight is 347 g/mol. The average Bonchev–Trinajstić information content (AvgIpc) is 3.11. The highest BCUT2D eigenvalue weighted by molar-refractivity contribution is 5.96. The summed E-state index contributed by atoms with van der Waals surface area (Å²) in [6.45, 7) is 3.81. The molecule has 0 aliphatic rings. The Kier molecular flexibility index (Phi) is 3.76. The van der Waals surface area contributed by atoms with Gasteiger partial charge in [-0.25, -0.2) is 4.98 Å². The third-order valence-corrected chi connectivity index (χ3v) is 4.40. The Bertz CT molecular complexity index is 1170. The number of benzene rings is 2. The molecule has 2 aromatic heterocycles. The molecule has 130 valence electrons. The van der Waals surface area contributed by atoms with Crippen LogP contribution in [0, 0.1) is 13.8 Å². The number of aromatic hydroxyl groups is 1. The molecule has 0 unspecified atom stereocenters. The number of rotatable bonds is 3. The Morgan fingerprint density at radius 3 is 2.85 bits per heavy atom. The van der Waals surface area contributed by atoms with Gasteiger partial charge >= 0.3 is 0 Å². The van der Waals surface area contributed by atoms with Crippen molar-refractivity contribution in [2.75, 3.05) is 0 Å². The van der Waals surface area contributed by atoms with Gasteiger partial charge in [0.25, 0.3) is 5.91 Å². The molecular formula is C19H17N5O2. The number of nitrogens with one attached hydrogen (secondary N) is 1. The SMILES string of the molecule is Cc1cccc2c(N=NC(=O)Cn3c(C)nc4ccccc43)c(O)[nH]c12. The minimum atomic E-state index is -0.419.